The lowest BCUT2D eigenvalue weighted by molar-refractivity contribution is 0.204. The summed E-state index contributed by atoms with van der Waals surface area (Å²) in [6.45, 7) is 0. The van der Waals surface area contributed by atoms with Crippen LogP contribution in [-0.2, 0) is 0 Å². The summed E-state index contributed by atoms with van der Waals surface area (Å²) in [7, 11) is 0. The van der Waals surface area contributed by atoms with Crippen molar-refractivity contribution in [1.29, 1.82) is 0 Å². The summed E-state index contributed by atoms with van der Waals surface area (Å²) in [4.78, 5) is 0. The van der Waals surface area contributed by atoms with E-state index in [4.69, 9.17) is 4.42 Å². The van der Waals surface area contributed by atoms with Crippen molar-refractivity contribution in [2.45, 2.75) is 18.5 Å². The highest BCUT2D eigenvalue weighted by molar-refractivity contribution is 7.26. The molecule has 0 spiro atoms. The number of fused-ring (bicyclic) bond motifs is 9. The van der Waals surface area contributed by atoms with Gasteiger partial charge in [-0.15, -0.1) is 11.3 Å². The van der Waals surface area contributed by atoms with Crippen LogP contribution in [0.5, 0.6) is 0 Å². The Morgan fingerprint density at radius 2 is 1.09 bits per heavy atom. The fourth-order valence-corrected chi connectivity index (χ4v) is 10.4. The maximum atomic E-state index is 6.61. The van der Waals surface area contributed by atoms with Crippen LogP contribution in [0.4, 0.5) is 0 Å². The second-order valence-electron chi connectivity index (χ2n) is 15.0. The highest BCUT2D eigenvalue weighted by Crippen LogP contribution is 2.44. The van der Waals surface area contributed by atoms with Crippen molar-refractivity contribution >= 4 is 75.3 Å². The molecule has 1 aliphatic rings. The standard InChI is InChI=1S/C51H36N4OS/c1-3-13-31(14-4-1)49-52-50(32-15-5-2-6-16-32)54-51(53-49)40-21-11-20-39-47-35(19-12-24-46(47)57-48(39)40)33-25-27-38-41-30-34(26-28-44(41)56-45(38)29-33)55-42-22-9-7-17-36(42)37-18-8-10-23-43(37)55/h1-30,49-54H. The lowest BCUT2D eigenvalue weighted by Crippen LogP contribution is -2.54. The third kappa shape index (κ3) is 5.27. The zero-order valence-corrected chi connectivity index (χ0v) is 31.6. The van der Waals surface area contributed by atoms with Crippen LogP contribution in [0.25, 0.3) is 80.7 Å². The summed E-state index contributed by atoms with van der Waals surface area (Å²) in [5, 5.41) is 18.9. The third-order valence-electron chi connectivity index (χ3n) is 11.7. The van der Waals surface area contributed by atoms with E-state index in [9.17, 15) is 0 Å². The Morgan fingerprint density at radius 1 is 0.456 bits per heavy atom. The average molecular weight is 753 g/mol. The minimum atomic E-state index is -0.0822. The molecule has 6 heteroatoms. The molecule has 8 aromatic carbocycles. The third-order valence-corrected chi connectivity index (χ3v) is 13.0. The second kappa shape index (κ2) is 13.0. The molecule has 0 amide bonds. The summed E-state index contributed by atoms with van der Waals surface area (Å²) in [6.07, 6.45) is -0.144. The molecule has 272 valence electrons. The summed E-state index contributed by atoms with van der Waals surface area (Å²) >= 11 is 1.87. The van der Waals surface area contributed by atoms with Gasteiger partial charge in [-0.05, 0) is 70.8 Å². The zero-order valence-electron chi connectivity index (χ0n) is 30.8. The van der Waals surface area contributed by atoms with Crippen LogP contribution < -0.4 is 16.0 Å². The van der Waals surface area contributed by atoms with Crippen molar-refractivity contribution in [3.63, 3.8) is 0 Å². The molecule has 11 aromatic rings. The molecule has 1 saturated heterocycles. The number of aromatic nitrogens is 1. The largest absolute Gasteiger partial charge is 0.456 e. The van der Waals surface area contributed by atoms with Crippen molar-refractivity contribution < 1.29 is 4.42 Å². The highest BCUT2D eigenvalue weighted by atomic mass is 32.1. The topological polar surface area (TPSA) is 54.2 Å². The number of benzene rings is 8. The molecule has 0 radical (unpaired) electrons. The molecule has 0 bridgehead atoms. The summed E-state index contributed by atoms with van der Waals surface area (Å²) in [5.41, 5.74) is 11.3. The predicted octanol–water partition coefficient (Wildman–Crippen LogP) is 12.9. The van der Waals surface area contributed by atoms with Gasteiger partial charge < -0.3 is 8.98 Å². The Kier molecular flexibility index (Phi) is 7.46. The minimum absolute atomic E-state index is 0.0311. The molecular weight excluding hydrogens is 717 g/mol. The van der Waals surface area contributed by atoms with E-state index in [2.05, 4.69) is 203 Å². The normalized spacial score (nSPS) is 17.4. The van der Waals surface area contributed by atoms with E-state index < -0.39 is 0 Å². The van der Waals surface area contributed by atoms with E-state index >= 15 is 0 Å². The van der Waals surface area contributed by atoms with E-state index in [0.717, 1.165) is 33.2 Å². The van der Waals surface area contributed by atoms with Gasteiger partial charge in [-0.3, -0.25) is 16.0 Å². The number of hydrogen-bond donors (Lipinski definition) is 3. The molecule has 57 heavy (non-hydrogen) atoms. The number of para-hydroxylation sites is 2. The second-order valence-corrected chi connectivity index (χ2v) is 16.0. The fourth-order valence-electron chi connectivity index (χ4n) is 9.11. The van der Waals surface area contributed by atoms with E-state index in [1.807, 2.05) is 11.3 Å². The molecule has 1 aliphatic heterocycles. The van der Waals surface area contributed by atoms with E-state index in [1.165, 1.54) is 64.2 Å². The molecule has 3 aromatic heterocycles. The van der Waals surface area contributed by atoms with Crippen molar-refractivity contribution in [3.05, 3.63) is 199 Å². The molecule has 3 N–H and O–H groups in total. The van der Waals surface area contributed by atoms with Crippen LogP contribution in [0.15, 0.2) is 186 Å². The molecule has 5 nitrogen and oxygen atoms in total. The van der Waals surface area contributed by atoms with Gasteiger partial charge in [-0.1, -0.05) is 133 Å². The number of nitrogens with one attached hydrogen (secondary N) is 3. The Labute approximate surface area is 332 Å². The molecule has 1 fully saturated rings. The minimum Gasteiger partial charge on any atom is -0.456 e. The molecule has 2 atom stereocenters. The van der Waals surface area contributed by atoms with Crippen LogP contribution >= 0.6 is 11.3 Å². The first-order valence-electron chi connectivity index (χ1n) is 19.5. The van der Waals surface area contributed by atoms with Gasteiger partial charge in [-0.25, -0.2) is 0 Å². The Bertz CT molecular complexity index is 3210. The predicted molar refractivity (Wildman–Crippen MR) is 237 cm³/mol. The highest BCUT2D eigenvalue weighted by Gasteiger charge is 2.31. The van der Waals surface area contributed by atoms with Crippen LogP contribution in [0.3, 0.4) is 0 Å². The van der Waals surface area contributed by atoms with Crippen molar-refractivity contribution in [1.82, 2.24) is 20.5 Å². The Morgan fingerprint density at radius 3 is 1.81 bits per heavy atom. The van der Waals surface area contributed by atoms with E-state index in [1.54, 1.807) is 0 Å². The first-order chi connectivity index (χ1) is 28.2. The summed E-state index contributed by atoms with van der Waals surface area (Å²) in [5.74, 6) is 0. The number of thiophene rings is 1. The number of hydrogen-bond acceptors (Lipinski definition) is 5. The van der Waals surface area contributed by atoms with E-state index in [0.29, 0.717) is 0 Å². The quantitative estimate of drug-likeness (QED) is 0.164. The molecule has 12 rings (SSSR count). The van der Waals surface area contributed by atoms with Gasteiger partial charge >= 0.3 is 0 Å². The first kappa shape index (κ1) is 32.7. The molecule has 0 saturated carbocycles. The molecule has 4 heterocycles. The lowest BCUT2D eigenvalue weighted by atomic mass is 9.97. The number of nitrogens with zero attached hydrogens (tertiary/aromatic N) is 1. The van der Waals surface area contributed by atoms with Gasteiger partial charge in [0.25, 0.3) is 0 Å². The molecule has 0 aliphatic carbocycles. The summed E-state index contributed by atoms with van der Waals surface area (Å²) < 4.78 is 11.5. The monoisotopic (exact) mass is 752 g/mol. The molecular formula is C51H36N4OS. The van der Waals surface area contributed by atoms with Crippen LogP contribution in [0, 0.1) is 0 Å². The van der Waals surface area contributed by atoms with Gasteiger partial charge in [0, 0.05) is 53.0 Å². The van der Waals surface area contributed by atoms with Crippen LogP contribution in [0.1, 0.15) is 35.2 Å². The van der Waals surface area contributed by atoms with Crippen LogP contribution in [-0.4, -0.2) is 4.57 Å². The number of rotatable bonds is 5. The lowest BCUT2D eigenvalue weighted by Gasteiger charge is -2.39. The van der Waals surface area contributed by atoms with E-state index in [-0.39, 0.29) is 18.5 Å². The van der Waals surface area contributed by atoms with Gasteiger partial charge in [0.1, 0.15) is 11.2 Å². The van der Waals surface area contributed by atoms with Gasteiger partial charge in [0.15, 0.2) is 0 Å². The van der Waals surface area contributed by atoms with Crippen molar-refractivity contribution in [2.75, 3.05) is 0 Å². The maximum absolute atomic E-state index is 6.61. The smallest absolute Gasteiger partial charge is 0.136 e. The maximum Gasteiger partial charge on any atom is 0.136 e. The fraction of sp³-hybridized carbons (Fsp3) is 0.0588. The summed E-state index contributed by atoms with van der Waals surface area (Å²) in [6, 6.07) is 65.4. The van der Waals surface area contributed by atoms with Crippen molar-refractivity contribution in [3.8, 4) is 16.8 Å². The first-order valence-corrected chi connectivity index (χ1v) is 20.3. The number of furan rings is 1. The Balaban J connectivity index is 0.955. The van der Waals surface area contributed by atoms with Gasteiger partial charge in [-0.2, -0.15) is 0 Å². The molecule has 2 unspecified atom stereocenters. The Hall–Kier alpha value is -6.54. The van der Waals surface area contributed by atoms with Crippen LogP contribution in [0.2, 0.25) is 0 Å². The average Bonchev–Trinajstić information content (AvgIpc) is 3.96. The SMILES string of the molecule is c1ccc(C2NC(c3ccccc3)NC(c3cccc4c3sc3cccc(-c5ccc6c(c5)oc5ccc(-n7c8ccccc8c8ccccc87)cc56)c34)N2)cc1. The zero-order chi connectivity index (χ0) is 37.5. The van der Waals surface area contributed by atoms with Gasteiger partial charge in [0.05, 0.1) is 29.5 Å². The van der Waals surface area contributed by atoms with Crippen molar-refractivity contribution in [2.24, 2.45) is 0 Å². The van der Waals surface area contributed by atoms with Gasteiger partial charge in [0.2, 0.25) is 0 Å².